The van der Waals surface area contributed by atoms with Crippen molar-refractivity contribution in [2.75, 3.05) is 68.5 Å². The predicted octanol–water partition coefficient (Wildman–Crippen LogP) is -0.0519. The van der Waals surface area contributed by atoms with Crippen LogP contribution in [0.4, 0.5) is 0 Å². The Bertz CT molecular complexity index is 1600. The van der Waals surface area contributed by atoms with E-state index >= 15 is 0 Å². The summed E-state index contributed by atoms with van der Waals surface area (Å²) in [6.07, 6.45) is 0. The van der Waals surface area contributed by atoms with Crippen molar-refractivity contribution < 1.29 is 5.11 Å². The predicted molar refractivity (Wildman–Crippen MR) is 143 cm³/mol. The second kappa shape index (κ2) is 9.96. The van der Waals surface area contributed by atoms with Crippen molar-refractivity contribution in [3.8, 4) is 17.0 Å². The van der Waals surface area contributed by atoms with E-state index in [4.69, 9.17) is 4.99 Å². The van der Waals surface area contributed by atoms with E-state index in [9.17, 15) is 19.5 Å². The van der Waals surface area contributed by atoms with E-state index in [1.165, 1.54) is 9.13 Å². The number of nitrogens with zero attached hydrogens (tertiary/aromatic N) is 6. The number of likely N-dealkylation sites (N-methyl/N-ethyl adjacent to an activating group) is 3. The number of aromatic nitrogens is 2. The van der Waals surface area contributed by atoms with E-state index in [-0.39, 0.29) is 24.5 Å². The van der Waals surface area contributed by atoms with Gasteiger partial charge in [-0.25, -0.2) is 0 Å². The Balaban J connectivity index is 2.16. The maximum Gasteiger partial charge on any atom is 0.263 e. The van der Waals surface area contributed by atoms with Gasteiger partial charge in [-0.1, -0.05) is 0 Å². The van der Waals surface area contributed by atoms with E-state index in [2.05, 4.69) is 0 Å². The zero-order valence-electron chi connectivity index (χ0n) is 21.8. The Morgan fingerprint density at radius 1 is 0.750 bits per heavy atom. The van der Waals surface area contributed by atoms with Gasteiger partial charge in [-0.05, 0) is 60.5 Å². The molecule has 0 saturated heterocycles. The van der Waals surface area contributed by atoms with E-state index in [1.54, 1.807) is 18.2 Å². The molecule has 1 N–H and O–H groups in total. The first-order valence-corrected chi connectivity index (χ1v) is 12.0. The van der Waals surface area contributed by atoms with Crippen molar-refractivity contribution in [3.63, 3.8) is 0 Å². The molecule has 0 amide bonds. The molecule has 36 heavy (non-hydrogen) atoms. The van der Waals surface area contributed by atoms with E-state index in [0.717, 1.165) is 0 Å². The largest absolute Gasteiger partial charge is 0.494 e. The summed E-state index contributed by atoms with van der Waals surface area (Å²) in [4.78, 5) is 51.2. The molecule has 2 aromatic rings. The van der Waals surface area contributed by atoms with Gasteiger partial charge in [-0.15, -0.1) is 0 Å². The van der Waals surface area contributed by atoms with E-state index in [0.29, 0.717) is 64.2 Å². The lowest BCUT2D eigenvalue weighted by Crippen LogP contribution is -2.39. The first-order valence-electron chi connectivity index (χ1n) is 12.0. The summed E-state index contributed by atoms with van der Waals surface area (Å²) in [5.74, 6) is -0.174. The lowest BCUT2D eigenvalue weighted by atomic mass is 9.90. The molecule has 4 rings (SSSR count). The molecule has 0 bridgehead atoms. The second-order valence-corrected chi connectivity index (χ2v) is 10.1. The van der Waals surface area contributed by atoms with Crippen LogP contribution in [-0.4, -0.2) is 97.4 Å². The molecule has 10 heteroatoms. The molecular formula is C26H34N6O4. The number of hydrogen-bond donors (Lipinski definition) is 1. The van der Waals surface area contributed by atoms with Gasteiger partial charge in [0, 0.05) is 54.4 Å². The van der Waals surface area contributed by atoms with Gasteiger partial charge in [0.25, 0.3) is 16.7 Å². The monoisotopic (exact) mass is 494 g/mol. The van der Waals surface area contributed by atoms with Gasteiger partial charge in [-0.3, -0.25) is 28.5 Å². The summed E-state index contributed by atoms with van der Waals surface area (Å²) in [6.45, 7) is 2.71. The molecule has 1 aromatic heterocycles. The number of pyridine rings is 2. The summed E-state index contributed by atoms with van der Waals surface area (Å²) >= 11 is 0. The number of rotatable bonds is 9. The molecule has 0 saturated carbocycles. The molecule has 10 nitrogen and oxygen atoms in total. The van der Waals surface area contributed by atoms with Crippen LogP contribution in [0.3, 0.4) is 0 Å². The van der Waals surface area contributed by atoms with Crippen molar-refractivity contribution in [1.82, 2.24) is 23.8 Å². The third kappa shape index (κ3) is 4.47. The van der Waals surface area contributed by atoms with Crippen LogP contribution in [0.15, 0.2) is 37.6 Å². The van der Waals surface area contributed by atoms with Crippen LogP contribution < -0.4 is 22.0 Å². The Hall–Kier alpha value is -3.34. The minimum Gasteiger partial charge on any atom is -0.494 e. The van der Waals surface area contributed by atoms with Crippen LogP contribution in [0.5, 0.6) is 5.88 Å². The SMILES string of the molecule is CN(C)CCN=c1cc2c(=O)n(CCN(C)C)c(=O)c3ccc4c(O)n(CCN(C)C)c(=O)c1c4c3-2. The molecule has 192 valence electrons. The Morgan fingerprint density at radius 3 is 1.94 bits per heavy atom. The van der Waals surface area contributed by atoms with Crippen molar-refractivity contribution in [2.45, 2.75) is 13.1 Å². The molecule has 2 heterocycles. The molecule has 0 spiro atoms. The average molecular weight is 495 g/mol. The van der Waals surface area contributed by atoms with Gasteiger partial charge in [0.1, 0.15) is 0 Å². The lowest BCUT2D eigenvalue weighted by Gasteiger charge is -2.20. The van der Waals surface area contributed by atoms with Crippen LogP contribution in [-0.2, 0) is 13.1 Å². The summed E-state index contributed by atoms with van der Waals surface area (Å²) in [5, 5.41) is 13.1. The topological polar surface area (TPSA) is 103 Å². The fraction of sp³-hybridized carbons (Fsp3) is 0.462. The highest BCUT2D eigenvalue weighted by Crippen LogP contribution is 2.36. The highest BCUT2D eigenvalue weighted by atomic mass is 16.3. The van der Waals surface area contributed by atoms with Crippen molar-refractivity contribution in [1.29, 1.82) is 0 Å². The molecule has 0 unspecified atom stereocenters. The number of benzene rings is 2. The molecular weight excluding hydrogens is 460 g/mol. The average Bonchev–Trinajstić information content (AvgIpc) is 2.80. The highest BCUT2D eigenvalue weighted by Gasteiger charge is 2.26. The molecule has 1 aromatic carbocycles. The summed E-state index contributed by atoms with van der Waals surface area (Å²) in [6, 6.07) is 4.95. The van der Waals surface area contributed by atoms with Crippen LogP contribution in [0.1, 0.15) is 0 Å². The Morgan fingerprint density at radius 2 is 1.33 bits per heavy atom. The highest BCUT2D eigenvalue weighted by molar-refractivity contribution is 6.15. The van der Waals surface area contributed by atoms with Crippen molar-refractivity contribution >= 4 is 21.5 Å². The van der Waals surface area contributed by atoms with Crippen LogP contribution in [0.25, 0.3) is 32.7 Å². The van der Waals surface area contributed by atoms with Gasteiger partial charge in [-0.2, -0.15) is 0 Å². The standard InChI is InChI=1S/C26H34N6O4/c1-28(2)10-9-27-19-15-18-20-16(23(33)31(25(18)35)13-11-29(3)4)7-8-17-21(20)22(19)26(36)32(24(17)34)14-12-30(5)6/h7-8,15,34H,9-14H2,1-6H3. The lowest BCUT2D eigenvalue weighted by molar-refractivity contribution is 0.353. The van der Waals surface area contributed by atoms with Crippen LogP contribution >= 0.6 is 0 Å². The quantitative estimate of drug-likeness (QED) is 0.326. The van der Waals surface area contributed by atoms with E-state index < -0.39 is 11.1 Å². The molecule has 0 atom stereocenters. The van der Waals surface area contributed by atoms with Crippen molar-refractivity contribution in [3.05, 3.63) is 54.6 Å². The number of hydrogen-bond acceptors (Lipinski definition) is 8. The first kappa shape index (κ1) is 25.7. The fourth-order valence-electron chi connectivity index (χ4n) is 4.57. The van der Waals surface area contributed by atoms with Gasteiger partial charge >= 0.3 is 0 Å². The second-order valence-electron chi connectivity index (χ2n) is 10.1. The Labute approximate surface area is 209 Å². The zero-order chi connectivity index (χ0) is 26.3. The minimum atomic E-state index is -0.413. The van der Waals surface area contributed by atoms with Gasteiger partial charge in [0.05, 0.1) is 22.9 Å². The van der Waals surface area contributed by atoms with Crippen LogP contribution in [0.2, 0.25) is 0 Å². The van der Waals surface area contributed by atoms with E-state index in [1.807, 2.05) is 57.0 Å². The first-order chi connectivity index (χ1) is 17.0. The van der Waals surface area contributed by atoms with Crippen LogP contribution in [0, 0.1) is 0 Å². The van der Waals surface area contributed by atoms with Gasteiger partial charge in [0.2, 0.25) is 5.88 Å². The molecule has 2 aliphatic rings. The minimum absolute atomic E-state index is 0.174. The zero-order valence-corrected chi connectivity index (χ0v) is 21.8. The third-order valence-electron chi connectivity index (χ3n) is 6.54. The molecule has 0 fully saturated rings. The summed E-state index contributed by atoms with van der Waals surface area (Å²) in [5.41, 5.74) is -0.452. The van der Waals surface area contributed by atoms with Gasteiger partial charge < -0.3 is 19.8 Å². The normalized spacial score (nSPS) is 13.1. The van der Waals surface area contributed by atoms with Gasteiger partial charge in [0.15, 0.2) is 0 Å². The molecule has 0 radical (unpaired) electrons. The Kier molecular flexibility index (Phi) is 7.12. The number of aromatic hydroxyl groups is 1. The maximum absolute atomic E-state index is 13.7. The third-order valence-corrected chi connectivity index (χ3v) is 6.54. The fourth-order valence-corrected chi connectivity index (χ4v) is 4.57. The summed E-state index contributed by atoms with van der Waals surface area (Å²) < 4.78 is 2.60. The maximum atomic E-state index is 13.7. The molecule has 1 aliphatic heterocycles. The van der Waals surface area contributed by atoms with Crippen molar-refractivity contribution in [2.24, 2.45) is 4.99 Å². The summed E-state index contributed by atoms with van der Waals surface area (Å²) in [7, 11) is 11.4. The molecule has 1 aliphatic carbocycles. The smallest absolute Gasteiger partial charge is 0.263 e.